The first-order valence-electron chi connectivity index (χ1n) is 6.04. The maximum absolute atomic E-state index is 13.1. The molecule has 0 saturated carbocycles. The standard InChI is InChI=1S/C15H12FNO3S/c1-9-7-13(21-12(9)5-6-14(18)19)15(20)17-11-4-2-3-10(16)8-11/h2-8H,1H3,(H,17,20)(H,18,19)/b6-5+. The molecule has 0 aliphatic heterocycles. The molecule has 0 spiro atoms. The Morgan fingerprint density at radius 3 is 2.76 bits per heavy atom. The van der Waals surface area contributed by atoms with Gasteiger partial charge < -0.3 is 10.4 Å². The van der Waals surface area contributed by atoms with E-state index in [1.54, 1.807) is 19.1 Å². The van der Waals surface area contributed by atoms with Gasteiger partial charge >= 0.3 is 5.97 Å². The van der Waals surface area contributed by atoms with E-state index in [9.17, 15) is 14.0 Å². The molecule has 0 saturated heterocycles. The number of benzene rings is 1. The van der Waals surface area contributed by atoms with E-state index in [-0.39, 0.29) is 5.91 Å². The number of hydrogen-bond donors (Lipinski definition) is 2. The highest BCUT2D eigenvalue weighted by atomic mass is 32.1. The number of hydrogen-bond acceptors (Lipinski definition) is 3. The Hall–Kier alpha value is -2.47. The first-order valence-corrected chi connectivity index (χ1v) is 6.85. The molecule has 6 heteroatoms. The summed E-state index contributed by atoms with van der Waals surface area (Å²) in [6, 6.07) is 7.28. The van der Waals surface area contributed by atoms with Gasteiger partial charge in [-0.05, 0) is 42.8 Å². The van der Waals surface area contributed by atoms with E-state index in [0.717, 1.165) is 11.6 Å². The lowest BCUT2D eigenvalue weighted by Crippen LogP contribution is -2.10. The summed E-state index contributed by atoms with van der Waals surface area (Å²) in [4.78, 5) is 23.7. The predicted molar refractivity (Wildman–Crippen MR) is 80.1 cm³/mol. The fourth-order valence-corrected chi connectivity index (χ4v) is 2.65. The second kappa shape index (κ2) is 6.32. The molecule has 0 aliphatic carbocycles. The van der Waals surface area contributed by atoms with Crippen molar-refractivity contribution < 1.29 is 19.1 Å². The molecule has 2 N–H and O–H groups in total. The first kappa shape index (κ1) is 14.9. The van der Waals surface area contributed by atoms with E-state index in [4.69, 9.17) is 5.11 Å². The highest BCUT2D eigenvalue weighted by Crippen LogP contribution is 2.24. The van der Waals surface area contributed by atoms with E-state index < -0.39 is 11.8 Å². The zero-order chi connectivity index (χ0) is 15.4. The molecular weight excluding hydrogens is 293 g/mol. The van der Waals surface area contributed by atoms with Gasteiger partial charge in [0.2, 0.25) is 0 Å². The Labute approximate surface area is 124 Å². The van der Waals surface area contributed by atoms with Gasteiger partial charge in [-0.25, -0.2) is 9.18 Å². The van der Waals surface area contributed by atoms with Crippen LogP contribution in [0.15, 0.2) is 36.4 Å². The summed E-state index contributed by atoms with van der Waals surface area (Å²) in [6.07, 6.45) is 2.47. The minimum atomic E-state index is -1.05. The Morgan fingerprint density at radius 2 is 2.10 bits per heavy atom. The van der Waals surface area contributed by atoms with Gasteiger partial charge in [-0.3, -0.25) is 4.79 Å². The van der Waals surface area contributed by atoms with Crippen LogP contribution in [-0.4, -0.2) is 17.0 Å². The van der Waals surface area contributed by atoms with Crippen molar-refractivity contribution in [3.8, 4) is 0 Å². The van der Waals surface area contributed by atoms with Crippen molar-refractivity contribution in [1.82, 2.24) is 0 Å². The van der Waals surface area contributed by atoms with Gasteiger partial charge in [-0.15, -0.1) is 11.3 Å². The van der Waals surface area contributed by atoms with Gasteiger partial charge in [0.05, 0.1) is 4.88 Å². The second-order valence-corrected chi connectivity index (χ2v) is 5.38. The zero-order valence-corrected chi connectivity index (χ0v) is 11.9. The number of anilines is 1. The summed E-state index contributed by atoms with van der Waals surface area (Å²) in [7, 11) is 0. The van der Waals surface area contributed by atoms with E-state index in [1.807, 2.05) is 0 Å². The number of nitrogens with one attached hydrogen (secondary N) is 1. The maximum Gasteiger partial charge on any atom is 0.328 e. The quantitative estimate of drug-likeness (QED) is 0.849. The largest absolute Gasteiger partial charge is 0.478 e. The van der Waals surface area contributed by atoms with Crippen molar-refractivity contribution in [2.75, 3.05) is 5.32 Å². The van der Waals surface area contributed by atoms with Crippen LogP contribution in [0.1, 0.15) is 20.1 Å². The van der Waals surface area contributed by atoms with Crippen LogP contribution in [0, 0.1) is 12.7 Å². The Morgan fingerprint density at radius 1 is 1.33 bits per heavy atom. The fourth-order valence-electron chi connectivity index (χ4n) is 1.68. The number of carbonyl (C=O) groups excluding carboxylic acids is 1. The molecule has 0 unspecified atom stereocenters. The minimum Gasteiger partial charge on any atom is -0.478 e. The molecule has 1 amide bonds. The number of aryl methyl sites for hydroxylation is 1. The molecule has 0 bridgehead atoms. The number of amides is 1. The molecule has 4 nitrogen and oxygen atoms in total. The number of rotatable bonds is 4. The maximum atomic E-state index is 13.1. The van der Waals surface area contributed by atoms with E-state index in [2.05, 4.69) is 5.32 Å². The van der Waals surface area contributed by atoms with E-state index in [1.165, 1.54) is 35.6 Å². The lowest BCUT2D eigenvalue weighted by molar-refractivity contribution is -0.131. The van der Waals surface area contributed by atoms with Crippen LogP contribution in [0.5, 0.6) is 0 Å². The molecule has 1 heterocycles. The molecule has 2 aromatic rings. The van der Waals surface area contributed by atoms with Crippen LogP contribution < -0.4 is 5.32 Å². The lowest BCUT2D eigenvalue weighted by atomic mass is 10.2. The number of thiophene rings is 1. The third-order valence-corrected chi connectivity index (χ3v) is 3.84. The van der Waals surface area contributed by atoms with Crippen molar-refractivity contribution in [3.05, 3.63) is 57.5 Å². The van der Waals surface area contributed by atoms with Crippen LogP contribution in [-0.2, 0) is 4.79 Å². The normalized spacial score (nSPS) is 10.8. The number of carboxylic acids is 1. The fraction of sp³-hybridized carbons (Fsp3) is 0.0667. The van der Waals surface area contributed by atoms with Gasteiger partial charge in [0.15, 0.2) is 0 Å². The van der Waals surface area contributed by atoms with Crippen molar-refractivity contribution in [3.63, 3.8) is 0 Å². The average Bonchev–Trinajstić information content (AvgIpc) is 2.78. The number of carbonyl (C=O) groups is 2. The third kappa shape index (κ3) is 4.00. The smallest absolute Gasteiger partial charge is 0.328 e. The third-order valence-electron chi connectivity index (χ3n) is 2.64. The summed E-state index contributed by atoms with van der Waals surface area (Å²) < 4.78 is 13.1. The molecule has 0 aliphatic rings. The molecule has 2 rings (SSSR count). The summed E-state index contributed by atoms with van der Waals surface area (Å²) in [5.74, 6) is -1.84. The zero-order valence-electron chi connectivity index (χ0n) is 11.1. The SMILES string of the molecule is Cc1cc(C(=O)Nc2cccc(F)c2)sc1/C=C/C(=O)O. The molecule has 1 aromatic heterocycles. The molecule has 21 heavy (non-hydrogen) atoms. The number of aliphatic carboxylic acids is 1. The molecular formula is C15H12FNO3S. The Kier molecular flexibility index (Phi) is 4.49. The minimum absolute atomic E-state index is 0.358. The van der Waals surface area contributed by atoms with Gasteiger partial charge in [-0.2, -0.15) is 0 Å². The topological polar surface area (TPSA) is 66.4 Å². The molecule has 0 atom stereocenters. The van der Waals surface area contributed by atoms with Crippen molar-refractivity contribution >= 4 is 35.0 Å². The van der Waals surface area contributed by atoms with Crippen LogP contribution in [0.4, 0.5) is 10.1 Å². The van der Waals surface area contributed by atoms with Crippen molar-refractivity contribution in [2.24, 2.45) is 0 Å². The van der Waals surface area contributed by atoms with Gasteiger partial charge in [0.25, 0.3) is 5.91 Å². The van der Waals surface area contributed by atoms with Gasteiger partial charge in [-0.1, -0.05) is 6.07 Å². The molecule has 0 fully saturated rings. The predicted octanol–water partition coefficient (Wildman–Crippen LogP) is 3.55. The highest BCUT2D eigenvalue weighted by molar-refractivity contribution is 7.15. The Balaban J connectivity index is 2.16. The highest BCUT2D eigenvalue weighted by Gasteiger charge is 2.12. The summed E-state index contributed by atoms with van der Waals surface area (Å²) >= 11 is 1.18. The van der Waals surface area contributed by atoms with Crippen molar-refractivity contribution in [2.45, 2.75) is 6.92 Å². The molecule has 108 valence electrons. The van der Waals surface area contributed by atoms with Crippen LogP contribution in [0.25, 0.3) is 6.08 Å². The first-order chi connectivity index (χ1) is 9.95. The number of carboxylic acid groups (broad SMARTS) is 1. The molecule has 1 aromatic carbocycles. The van der Waals surface area contributed by atoms with Crippen molar-refractivity contribution in [1.29, 1.82) is 0 Å². The number of halogens is 1. The second-order valence-electron chi connectivity index (χ2n) is 4.29. The Bertz CT molecular complexity index is 721. The van der Waals surface area contributed by atoms with Crippen LogP contribution in [0.3, 0.4) is 0 Å². The summed E-state index contributed by atoms with van der Waals surface area (Å²) in [6.45, 7) is 1.79. The molecule has 0 radical (unpaired) electrons. The summed E-state index contributed by atoms with van der Waals surface area (Å²) in [5.41, 5.74) is 1.18. The van der Waals surface area contributed by atoms with E-state index >= 15 is 0 Å². The van der Waals surface area contributed by atoms with Gasteiger partial charge in [0, 0.05) is 16.6 Å². The monoisotopic (exact) mass is 305 g/mol. The lowest BCUT2D eigenvalue weighted by Gasteiger charge is -2.02. The average molecular weight is 305 g/mol. The van der Waals surface area contributed by atoms with Crippen LogP contribution in [0.2, 0.25) is 0 Å². The van der Waals surface area contributed by atoms with E-state index in [0.29, 0.717) is 15.4 Å². The van der Waals surface area contributed by atoms with Crippen LogP contribution >= 0.6 is 11.3 Å². The van der Waals surface area contributed by atoms with Gasteiger partial charge in [0.1, 0.15) is 5.82 Å². The summed E-state index contributed by atoms with van der Waals surface area (Å²) in [5, 5.41) is 11.2.